The maximum absolute atomic E-state index is 9.64. The molecule has 2 unspecified atom stereocenters. The zero-order valence-corrected chi connectivity index (χ0v) is 12.3. The number of benzene rings is 2. The van der Waals surface area contributed by atoms with Gasteiger partial charge >= 0.3 is 0 Å². The number of nitrogens with one attached hydrogen (secondary N) is 1. The Hall–Kier alpha value is -1.62. The largest absolute Gasteiger partial charge is 0.473 e. The topological polar surface area (TPSA) is 44.7 Å². The number of ether oxygens (including phenoxy) is 1. The maximum Gasteiger partial charge on any atom is 0.165 e. The Morgan fingerprint density at radius 1 is 1.29 bits per heavy atom. The van der Waals surface area contributed by atoms with Crippen molar-refractivity contribution in [3.63, 3.8) is 0 Å². The summed E-state index contributed by atoms with van der Waals surface area (Å²) in [7, 11) is 0. The molecule has 0 bridgehead atoms. The van der Waals surface area contributed by atoms with Gasteiger partial charge in [0.25, 0.3) is 0 Å². The van der Waals surface area contributed by atoms with Crippen LogP contribution in [0.1, 0.15) is 6.92 Å². The predicted octanol–water partition coefficient (Wildman–Crippen LogP) is 1.83. The average molecular weight is 286 g/mol. The fourth-order valence-corrected chi connectivity index (χ4v) is 2.83. The first-order valence-corrected chi connectivity index (χ1v) is 7.51. The van der Waals surface area contributed by atoms with E-state index in [-0.39, 0.29) is 12.3 Å². The second-order valence-corrected chi connectivity index (χ2v) is 5.60. The number of hydrogen-bond acceptors (Lipinski definition) is 4. The van der Waals surface area contributed by atoms with Crippen LogP contribution in [0.25, 0.3) is 10.8 Å². The molecule has 4 nitrogen and oxygen atoms in total. The summed E-state index contributed by atoms with van der Waals surface area (Å²) in [6.07, 6.45) is -0.388. The summed E-state index contributed by atoms with van der Waals surface area (Å²) in [5.74, 6) is 0.900. The lowest BCUT2D eigenvalue weighted by Crippen LogP contribution is -2.55. The number of piperazine rings is 1. The molecule has 1 aliphatic heterocycles. The Balaban J connectivity index is 1.82. The van der Waals surface area contributed by atoms with Crippen molar-refractivity contribution in [1.82, 2.24) is 10.2 Å². The SMILES string of the molecule is CC(O)CN1CCNCC1Oc1cccc2ccccc12. The van der Waals surface area contributed by atoms with Gasteiger partial charge in [0.05, 0.1) is 6.10 Å². The van der Waals surface area contributed by atoms with E-state index in [1.807, 2.05) is 31.2 Å². The van der Waals surface area contributed by atoms with Gasteiger partial charge in [-0.05, 0) is 18.4 Å². The summed E-state index contributed by atoms with van der Waals surface area (Å²) < 4.78 is 6.23. The summed E-state index contributed by atoms with van der Waals surface area (Å²) in [5.41, 5.74) is 0. The minimum atomic E-state index is -0.346. The molecule has 0 radical (unpaired) electrons. The highest BCUT2D eigenvalue weighted by Crippen LogP contribution is 2.26. The first-order chi connectivity index (χ1) is 10.2. The minimum Gasteiger partial charge on any atom is -0.473 e. The van der Waals surface area contributed by atoms with Crippen molar-refractivity contribution in [1.29, 1.82) is 0 Å². The molecule has 2 aromatic rings. The van der Waals surface area contributed by atoms with Crippen LogP contribution < -0.4 is 10.1 Å². The van der Waals surface area contributed by atoms with E-state index in [2.05, 4.69) is 28.4 Å². The monoisotopic (exact) mass is 286 g/mol. The first kappa shape index (κ1) is 14.3. The molecule has 0 aromatic heterocycles. The second kappa shape index (κ2) is 6.43. The highest BCUT2D eigenvalue weighted by atomic mass is 16.5. The van der Waals surface area contributed by atoms with Gasteiger partial charge in [0, 0.05) is 31.6 Å². The van der Waals surface area contributed by atoms with E-state index >= 15 is 0 Å². The van der Waals surface area contributed by atoms with Crippen molar-refractivity contribution < 1.29 is 9.84 Å². The fourth-order valence-electron chi connectivity index (χ4n) is 2.83. The van der Waals surface area contributed by atoms with Crippen molar-refractivity contribution in [3.8, 4) is 5.75 Å². The average Bonchev–Trinajstić information content (AvgIpc) is 2.49. The fraction of sp³-hybridized carbons (Fsp3) is 0.412. The Bertz CT molecular complexity index is 595. The standard InChI is InChI=1S/C17H22N2O2/c1-13(20)12-19-10-9-18-11-17(19)21-16-8-4-6-14-5-2-3-7-15(14)16/h2-8,13,17-18,20H,9-12H2,1H3. The summed E-state index contributed by atoms with van der Waals surface area (Å²) in [6.45, 7) is 5.05. The van der Waals surface area contributed by atoms with E-state index in [1.54, 1.807) is 0 Å². The number of rotatable bonds is 4. The molecule has 112 valence electrons. The van der Waals surface area contributed by atoms with Crippen LogP contribution in [0.4, 0.5) is 0 Å². The molecule has 3 rings (SSSR count). The lowest BCUT2D eigenvalue weighted by Gasteiger charge is -2.36. The molecule has 0 amide bonds. The lowest BCUT2D eigenvalue weighted by atomic mass is 10.1. The van der Waals surface area contributed by atoms with E-state index in [1.165, 1.54) is 5.39 Å². The summed E-state index contributed by atoms with van der Waals surface area (Å²) in [4.78, 5) is 2.20. The predicted molar refractivity (Wildman–Crippen MR) is 84.5 cm³/mol. The van der Waals surface area contributed by atoms with E-state index < -0.39 is 0 Å². The molecule has 1 fully saturated rings. The van der Waals surface area contributed by atoms with E-state index in [9.17, 15) is 5.11 Å². The van der Waals surface area contributed by atoms with Crippen LogP contribution in [0.5, 0.6) is 5.75 Å². The van der Waals surface area contributed by atoms with Crippen LogP contribution in [-0.4, -0.2) is 48.5 Å². The smallest absolute Gasteiger partial charge is 0.165 e. The van der Waals surface area contributed by atoms with Gasteiger partial charge in [-0.2, -0.15) is 0 Å². The molecule has 21 heavy (non-hydrogen) atoms. The number of hydrogen-bond donors (Lipinski definition) is 2. The molecule has 0 spiro atoms. The normalized spacial score (nSPS) is 21.3. The molecule has 0 aliphatic carbocycles. The highest BCUT2D eigenvalue weighted by Gasteiger charge is 2.25. The molecule has 2 atom stereocenters. The van der Waals surface area contributed by atoms with Gasteiger partial charge in [-0.25, -0.2) is 0 Å². The van der Waals surface area contributed by atoms with Crippen LogP contribution in [0.2, 0.25) is 0 Å². The lowest BCUT2D eigenvalue weighted by molar-refractivity contribution is -0.0154. The Morgan fingerprint density at radius 3 is 2.95 bits per heavy atom. The number of fused-ring (bicyclic) bond motifs is 1. The van der Waals surface area contributed by atoms with Crippen LogP contribution in [-0.2, 0) is 0 Å². The van der Waals surface area contributed by atoms with Gasteiger partial charge in [-0.3, -0.25) is 4.90 Å². The third-order valence-corrected chi connectivity index (χ3v) is 3.81. The van der Waals surface area contributed by atoms with Gasteiger partial charge < -0.3 is 15.2 Å². The zero-order chi connectivity index (χ0) is 14.7. The van der Waals surface area contributed by atoms with E-state index in [4.69, 9.17) is 4.74 Å². The van der Waals surface area contributed by atoms with Crippen LogP contribution in [0.3, 0.4) is 0 Å². The Kier molecular flexibility index (Phi) is 4.39. The number of nitrogens with zero attached hydrogens (tertiary/aromatic N) is 1. The molecule has 1 heterocycles. The summed E-state index contributed by atoms with van der Waals surface area (Å²) in [6, 6.07) is 14.4. The minimum absolute atomic E-state index is 0.0424. The van der Waals surface area contributed by atoms with Crippen molar-refractivity contribution in [3.05, 3.63) is 42.5 Å². The summed E-state index contributed by atoms with van der Waals surface area (Å²) in [5, 5.41) is 15.3. The molecule has 1 saturated heterocycles. The zero-order valence-electron chi connectivity index (χ0n) is 12.3. The van der Waals surface area contributed by atoms with Crippen LogP contribution in [0, 0.1) is 0 Å². The van der Waals surface area contributed by atoms with Gasteiger partial charge in [0.2, 0.25) is 0 Å². The summed E-state index contributed by atoms with van der Waals surface area (Å²) >= 11 is 0. The Morgan fingerprint density at radius 2 is 2.10 bits per heavy atom. The maximum atomic E-state index is 9.64. The molecule has 2 N–H and O–H groups in total. The van der Waals surface area contributed by atoms with E-state index in [0.29, 0.717) is 6.54 Å². The van der Waals surface area contributed by atoms with Crippen LogP contribution >= 0.6 is 0 Å². The second-order valence-electron chi connectivity index (χ2n) is 5.60. The van der Waals surface area contributed by atoms with Gasteiger partial charge in [-0.1, -0.05) is 36.4 Å². The quantitative estimate of drug-likeness (QED) is 0.900. The molecule has 4 heteroatoms. The number of aliphatic hydroxyl groups excluding tert-OH is 1. The molecule has 2 aromatic carbocycles. The van der Waals surface area contributed by atoms with Gasteiger partial charge in [-0.15, -0.1) is 0 Å². The van der Waals surface area contributed by atoms with Crippen LogP contribution in [0.15, 0.2) is 42.5 Å². The van der Waals surface area contributed by atoms with Crippen molar-refractivity contribution in [2.45, 2.75) is 19.3 Å². The van der Waals surface area contributed by atoms with E-state index in [0.717, 1.165) is 30.8 Å². The van der Waals surface area contributed by atoms with Crippen molar-refractivity contribution >= 4 is 10.8 Å². The molecule has 1 aliphatic rings. The first-order valence-electron chi connectivity index (χ1n) is 7.51. The van der Waals surface area contributed by atoms with Crippen molar-refractivity contribution in [2.24, 2.45) is 0 Å². The third kappa shape index (κ3) is 3.35. The third-order valence-electron chi connectivity index (χ3n) is 3.81. The molecular formula is C17H22N2O2. The van der Waals surface area contributed by atoms with Gasteiger partial charge in [0.1, 0.15) is 5.75 Å². The van der Waals surface area contributed by atoms with Gasteiger partial charge in [0.15, 0.2) is 6.23 Å². The number of aliphatic hydroxyl groups is 1. The highest BCUT2D eigenvalue weighted by molar-refractivity contribution is 5.88. The molecular weight excluding hydrogens is 264 g/mol. The number of β-amino-alcohol motifs (C(OH)–C–C–N with tert-alkyl or cyclic N) is 1. The van der Waals surface area contributed by atoms with Crippen molar-refractivity contribution in [2.75, 3.05) is 26.2 Å². The Labute approximate surface area is 125 Å². The molecule has 0 saturated carbocycles.